The number of rotatable bonds is 2. The second-order valence-corrected chi connectivity index (χ2v) is 3.86. The molecule has 4 heteroatoms. The average Bonchev–Trinajstić information content (AvgIpc) is 2.38. The molecule has 1 saturated heterocycles. The van der Waals surface area contributed by atoms with Crippen LogP contribution in [-0.4, -0.2) is 31.2 Å². The molecule has 0 bridgehead atoms. The highest BCUT2D eigenvalue weighted by molar-refractivity contribution is 5.54. The van der Waals surface area contributed by atoms with Gasteiger partial charge in [-0.05, 0) is 12.5 Å². The van der Waals surface area contributed by atoms with Crippen molar-refractivity contribution in [3.63, 3.8) is 0 Å². The maximum absolute atomic E-state index is 9.06. The topological polar surface area (TPSA) is 52.0 Å². The van der Waals surface area contributed by atoms with Crippen LogP contribution >= 0.6 is 0 Å². The summed E-state index contributed by atoms with van der Waals surface area (Å²) in [5.74, 6) is 0.989. The fourth-order valence-electron chi connectivity index (χ4n) is 2.08. The summed E-state index contributed by atoms with van der Waals surface area (Å²) in [6.07, 6.45) is 2.59. The van der Waals surface area contributed by atoms with Crippen molar-refractivity contribution in [3.8, 4) is 6.07 Å². The van der Waals surface area contributed by atoms with E-state index in [1.54, 1.807) is 12.3 Å². The van der Waals surface area contributed by atoms with Gasteiger partial charge in [0.15, 0.2) is 0 Å². The normalized spacial score (nSPS) is 15.9. The Kier molecular flexibility index (Phi) is 3.37. The second-order valence-electron chi connectivity index (χ2n) is 3.86. The van der Waals surface area contributed by atoms with Gasteiger partial charge in [-0.25, -0.2) is 4.98 Å². The first-order valence-corrected chi connectivity index (χ1v) is 5.70. The Hall–Kier alpha value is -1.60. The molecule has 4 nitrogen and oxygen atoms in total. The highest BCUT2D eigenvalue weighted by Gasteiger charge is 2.16. The van der Waals surface area contributed by atoms with E-state index in [9.17, 15) is 0 Å². The van der Waals surface area contributed by atoms with Gasteiger partial charge in [0.1, 0.15) is 5.82 Å². The molecule has 16 heavy (non-hydrogen) atoms. The zero-order valence-electron chi connectivity index (χ0n) is 9.53. The summed E-state index contributed by atoms with van der Waals surface area (Å²) in [4.78, 5) is 6.69. The number of nitrogens with zero attached hydrogens (tertiary/aromatic N) is 3. The predicted molar refractivity (Wildman–Crippen MR) is 63.4 cm³/mol. The molecular formula is C12H16N4. The monoisotopic (exact) mass is 216 g/mol. The van der Waals surface area contributed by atoms with E-state index >= 15 is 0 Å². The summed E-state index contributed by atoms with van der Waals surface area (Å²) >= 11 is 0. The van der Waals surface area contributed by atoms with E-state index in [0.29, 0.717) is 0 Å². The third kappa shape index (κ3) is 2.00. The lowest BCUT2D eigenvalue weighted by Crippen LogP contribution is -2.44. The Morgan fingerprint density at radius 2 is 2.25 bits per heavy atom. The van der Waals surface area contributed by atoms with Crippen LogP contribution in [0.2, 0.25) is 0 Å². The molecule has 84 valence electrons. The Morgan fingerprint density at radius 3 is 2.88 bits per heavy atom. The quantitative estimate of drug-likeness (QED) is 0.799. The molecule has 0 spiro atoms. The molecule has 0 aliphatic carbocycles. The first-order valence-electron chi connectivity index (χ1n) is 5.70. The molecule has 0 unspecified atom stereocenters. The molecular weight excluding hydrogens is 200 g/mol. The summed E-state index contributed by atoms with van der Waals surface area (Å²) in [6.45, 7) is 5.98. The van der Waals surface area contributed by atoms with E-state index in [-0.39, 0.29) is 0 Å². The van der Waals surface area contributed by atoms with Gasteiger partial charge in [0, 0.05) is 37.9 Å². The van der Waals surface area contributed by atoms with E-state index in [0.717, 1.165) is 49.5 Å². The maximum Gasteiger partial charge on any atom is 0.133 e. The lowest BCUT2D eigenvalue weighted by atomic mass is 10.1. The number of hydrogen-bond donors (Lipinski definition) is 1. The van der Waals surface area contributed by atoms with Gasteiger partial charge in [0.25, 0.3) is 0 Å². The molecule has 0 atom stereocenters. The number of hydrogen-bond acceptors (Lipinski definition) is 4. The van der Waals surface area contributed by atoms with Crippen molar-refractivity contribution in [1.82, 2.24) is 10.3 Å². The fraction of sp³-hybridized carbons (Fsp3) is 0.500. The van der Waals surface area contributed by atoms with Crippen LogP contribution in [0.25, 0.3) is 0 Å². The number of anilines is 1. The Bertz CT molecular complexity index is 402. The standard InChI is InChI=1S/C12H16N4/c1-2-11-10(9-13)3-4-15-12(11)16-7-5-14-6-8-16/h3-4,14H,2,5-8H2,1H3. The van der Waals surface area contributed by atoms with Crippen molar-refractivity contribution >= 4 is 5.82 Å². The highest BCUT2D eigenvalue weighted by atomic mass is 15.2. The molecule has 1 N–H and O–H groups in total. The molecule has 1 aliphatic rings. The van der Waals surface area contributed by atoms with Crippen molar-refractivity contribution in [3.05, 3.63) is 23.4 Å². The van der Waals surface area contributed by atoms with E-state index in [2.05, 4.69) is 28.2 Å². The minimum Gasteiger partial charge on any atom is -0.354 e. The van der Waals surface area contributed by atoms with Crippen molar-refractivity contribution in [2.45, 2.75) is 13.3 Å². The molecule has 2 heterocycles. The molecule has 0 saturated carbocycles. The number of nitrogens with one attached hydrogen (secondary N) is 1. The Morgan fingerprint density at radius 1 is 1.50 bits per heavy atom. The molecule has 1 aliphatic heterocycles. The van der Waals surface area contributed by atoms with E-state index in [1.807, 2.05) is 0 Å². The van der Waals surface area contributed by atoms with Gasteiger partial charge in [0.2, 0.25) is 0 Å². The van der Waals surface area contributed by atoms with Crippen LogP contribution in [-0.2, 0) is 6.42 Å². The highest BCUT2D eigenvalue weighted by Crippen LogP contribution is 2.21. The number of piperazine rings is 1. The molecule has 1 aromatic heterocycles. The van der Waals surface area contributed by atoms with Gasteiger partial charge in [-0.15, -0.1) is 0 Å². The fourth-order valence-corrected chi connectivity index (χ4v) is 2.08. The van der Waals surface area contributed by atoms with Crippen LogP contribution in [0.3, 0.4) is 0 Å². The predicted octanol–water partition coefficient (Wildman–Crippen LogP) is 0.925. The lowest BCUT2D eigenvalue weighted by molar-refractivity contribution is 0.583. The summed E-state index contributed by atoms with van der Waals surface area (Å²) in [5.41, 5.74) is 1.83. The smallest absolute Gasteiger partial charge is 0.133 e. The second kappa shape index (κ2) is 4.95. The molecule has 0 aromatic carbocycles. The lowest BCUT2D eigenvalue weighted by Gasteiger charge is -2.30. The zero-order chi connectivity index (χ0) is 11.4. The number of nitriles is 1. The van der Waals surface area contributed by atoms with Crippen LogP contribution in [0.15, 0.2) is 12.3 Å². The van der Waals surface area contributed by atoms with Crippen LogP contribution in [0.4, 0.5) is 5.82 Å². The van der Waals surface area contributed by atoms with Gasteiger partial charge in [0.05, 0.1) is 11.6 Å². The van der Waals surface area contributed by atoms with Gasteiger partial charge >= 0.3 is 0 Å². The van der Waals surface area contributed by atoms with E-state index in [1.165, 1.54) is 0 Å². The first-order chi connectivity index (χ1) is 7.86. The van der Waals surface area contributed by atoms with Gasteiger partial charge in [-0.1, -0.05) is 6.92 Å². The zero-order valence-corrected chi connectivity index (χ0v) is 9.53. The maximum atomic E-state index is 9.06. The Balaban J connectivity index is 2.35. The average molecular weight is 216 g/mol. The molecule has 0 amide bonds. The summed E-state index contributed by atoms with van der Waals surface area (Å²) < 4.78 is 0. The van der Waals surface area contributed by atoms with Gasteiger partial charge in [-0.2, -0.15) is 5.26 Å². The van der Waals surface area contributed by atoms with Gasteiger partial charge < -0.3 is 10.2 Å². The van der Waals surface area contributed by atoms with Gasteiger partial charge in [-0.3, -0.25) is 0 Å². The number of aromatic nitrogens is 1. The SMILES string of the molecule is CCc1c(C#N)ccnc1N1CCNCC1. The summed E-state index contributed by atoms with van der Waals surface area (Å²) in [7, 11) is 0. The van der Waals surface area contributed by atoms with Crippen LogP contribution in [0.1, 0.15) is 18.1 Å². The molecule has 1 aromatic rings. The minimum atomic E-state index is 0.756. The summed E-state index contributed by atoms with van der Waals surface area (Å²) in [5, 5.41) is 12.4. The van der Waals surface area contributed by atoms with E-state index < -0.39 is 0 Å². The Labute approximate surface area is 95.9 Å². The molecule has 2 rings (SSSR count). The third-order valence-corrected chi connectivity index (χ3v) is 2.92. The van der Waals surface area contributed by atoms with E-state index in [4.69, 9.17) is 5.26 Å². The molecule has 1 fully saturated rings. The van der Waals surface area contributed by atoms with Crippen LogP contribution in [0, 0.1) is 11.3 Å². The third-order valence-electron chi connectivity index (χ3n) is 2.92. The van der Waals surface area contributed by atoms with Crippen molar-refractivity contribution < 1.29 is 0 Å². The largest absolute Gasteiger partial charge is 0.354 e. The van der Waals surface area contributed by atoms with Crippen molar-refractivity contribution in [2.24, 2.45) is 0 Å². The summed E-state index contributed by atoms with van der Waals surface area (Å²) in [6, 6.07) is 4.04. The minimum absolute atomic E-state index is 0.756. The van der Waals surface area contributed by atoms with Crippen LogP contribution in [0.5, 0.6) is 0 Å². The van der Waals surface area contributed by atoms with Crippen molar-refractivity contribution in [2.75, 3.05) is 31.1 Å². The van der Waals surface area contributed by atoms with Crippen LogP contribution < -0.4 is 10.2 Å². The first kappa shape index (κ1) is 10.9. The number of pyridine rings is 1. The van der Waals surface area contributed by atoms with Crippen molar-refractivity contribution in [1.29, 1.82) is 5.26 Å². The molecule has 0 radical (unpaired) electrons.